The van der Waals surface area contributed by atoms with E-state index in [1.165, 1.54) is 19.2 Å². The number of carbonyl (C=O) groups is 1. The number of hydrogen-bond acceptors (Lipinski definition) is 4. The lowest BCUT2D eigenvalue weighted by atomic mass is 10.1. The fraction of sp³-hybridized carbons (Fsp3) is 0.500. The summed E-state index contributed by atoms with van der Waals surface area (Å²) < 4.78 is 28.0. The topological polar surface area (TPSA) is 72.5 Å². The Morgan fingerprint density at radius 2 is 2.00 bits per heavy atom. The van der Waals surface area contributed by atoms with Crippen molar-refractivity contribution in [1.82, 2.24) is 5.32 Å². The Kier molecular flexibility index (Phi) is 5.24. The summed E-state index contributed by atoms with van der Waals surface area (Å²) in [6, 6.07) is 4.50. The Morgan fingerprint density at radius 3 is 2.57 bits per heavy atom. The summed E-state index contributed by atoms with van der Waals surface area (Å²) in [6.07, 6.45) is 4.14. The van der Waals surface area contributed by atoms with Crippen molar-refractivity contribution in [3.63, 3.8) is 0 Å². The van der Waals surface area contributed by atoms with E-state index in [9.17, 15) is 13.2 Å². The van der Waals surface area contributed by atoms with E-state index in [1.807, 2.05) is 0 Å². The van der Waals surface area contributed by atoms with Crippen molar-refractivity contribution in [2.75, 3.05) is 7.11 Å². The Labute approximate surface area is 129 Å². The number of hydrogen-bond donors (Lipinski definition) is 1. The van der Waals surface area contributed by atoms with E-state index in [-0.39, 0.29) is 29.0 Å². The molecule has 0 unspecified atom stereocenters. The molecule has 116 valence electrons. The van der Waals surface area contributed by atoms with E-state index in [0.29, 0.717) is 5.56 Å². The molecule has 0 bridgehead atoms. The van der Waals surface area contributed by atoms with Crippen LogP contribution in [0.25, 0.3) is 0 Å². The summed E-state index contributed by atoms with van der Waals surface area (Å²) in [4.78, 5) is 12.2. The number of benzene rings is 1. The lowest BCUT2D eigenvalue weighted by molar-refractivity contribution is 0.0937. The van der Waals surface area contributed by atoms with Crippen molar-refractivity contribution in [2.24, 2.45) is 0 Å². The summed E-state index contributed by atoms with van der Waals surface area (Å²) in [6.45, 7) is 0.212. The molecule has 0 aliphatic heterocycles. The van der Waals surface area contributed by atoms with Crippen LogP contribution in [0.5, 0.6) is 0 Å². The van der Waals surface area contributed by atoms with Crippen molar-refractivity contribution >= 4 is 25.6 Å². The van der Waals surface area contributed by atoms with Crippen LogP contribution in [-0.2, 0) is 20.4 Å². The van der Waals surface area contributed by atoms with Crippen LogP contribution in [-0.4, -0.2) is 27.5 Å². The largest absolute Gasteiger partial charge is 0.380 e. The molecule has 1 aromatic rings. The van der Waals surface area contributed by atoms with Crippen LogP contribution in [0.1, 0.15) is 41.6 Å². The molecule has 1 saturated carbocycles. The van der Waals surface area contributed by atoms with E-state index in [2.05, 4.69) is 5.32 Å². The molecule has 1 N–H and O–H groups in total. The first-order chi connectivity index (χ1) is 9.90. The van der Waals surface area contributed by atoms with Crippen molar-refractivity contribution in [3.05, 3.63) is 29.3 Å². The summed E-state index contributed by atoms with van der Waals surface area (Å²) in [5, 5.41) is 2.93. The summed E-state index contributed by atoms with van der Waals surface area (Å²) in [5.74, 6) is -0.276. The highest BCUT2D eigenvalue weighted by atomic mass is 35.7. The number of ether oxygens (including phenoxy) is 1. The van der Waals surface area contributed by atoms with Gasteiger partial charge >= 0.3 is 0 Å². The summed E-state index contributed by atoms with van der Waals surface area (Å²) >= 11 is 0. The van der Waals surface area contributed by atoms with Crippen molar-refractivity contribution in [2.45, 2.75) is 43.2 Å². The predicted octanol–water partition coefficient (Wildman–Crippen LogP) is 2.43. The van der Waals surface area contributed by atoms with E-state index >= 15 is 0 Å². The van der Waals surface area contributed by atoms with Crippen molar-refractivity contribution < 1.29 is 17.9 Å². The number of halogens is 1. The van der Waals surface area contributed by atoms with Gasteiger partial charge in [-0.2, -0.15) is 0 Å². The maximum Gasteiger partial charge on any atom is 0.261 e. The molecule has 2 rings (SSSR count). The highest BCUT2D eigenvalue weighted by Gasteiger charge is 2.20. The second kappa shape index (κ2) is 6.77. The van der Waals surface area contributed by atoms with Crippen LogP contribution in [0.3, 0.4) is 0 Å². The lowest BCUT2D eigenvalue weighted by Gasteiger charge is -2.13. The third-order valence-corrected chi connectivity index (χ3v) is 4.84. The molecule has 21 heavy (non-hydrogen) atoms. The minimum atomic E-state index is -3.89. The summed E-state index contributed by atoms with van der Waals surface area (Å²) in [5.41, 5.74) is 0.881. The average molecular weight is 332 g/mol. The molecular formula is C14H18ClNO4S. The normalized spacial score (nSPS) is 16.1. The third-order valence-electron chi connectivity index (χ3n) is 3.51. The second-order valence-electron chi connectivity index (χ2n) is 5.19. The molecule has 0 radical (unpaired) electrons. The molecule has 5 nitrogen and oxygen atoms in total. The predicted molar refractivity (Wildman–Crippen MR) is 79.9 cm³/mol. The highest BCUT2D eigenvalue weighted by Crippen LogP contribution is 2.21. The minimum Gasteiger partial charge on any atom is -0.380 e. The molecule has 0 saturated heterocycles. The van der Waals surface area contributed by atoms with Crippen LogP contribution in [0.15, 0.2) is 23.1 Å². The van der Waals surface area contributed by atoms with Gasteiger partial charge < -0.3 is 10.1 Å². The number of methoxy groups -OCH3 is 1. The van der Waals surface area contributed by atoms with Gasteiger partial charge in [-0.1, -0.05) is 12.8 Å². The van der Waals surface area contributed by atoms with Crippen molar-refractivity contribution in [3.8, 4) is 0 Å². The molecule has 0 spiro atoms. The summed E-state index contributed by atoms with van der Waals surface area (Å²) in [7, 11) is 2.99. The third kappa shape index (κ3) is 4.43. The fourth-order valence-corrected chi connectivity index (χ4v) is 3.35. The van der Waals surface area contributed by atoms with Gasteiger partial charge in [0.15, 0.2) is 0 Å². The van der Waals surface area contributed by atoms with Crippen LogP contribution in [0.2, 0.25) is 0 Å². The quantitative estimate of drug-likeness (QED) is 0.841. The fourth-order valence-electron chi connectivity index (χ4n) is 2.52. The van der Waals surface area contributed by atoms with E-state index in [4.69, 9.17) is 15.4 Å². The van der Waals surface area contributed by atoms with Crippen LogP contribution >= 0.6 is 10.7 Å². The molecule has 1 aliphatic rings. The van der Waals surface area contributed by atoms with Crippen molar-refractivity contribution in [1.29, 1.82) is 0 Å². The Hall–Kier alpha value is -1.11. The van der Waals surface area contributed by atoms with Gasteiger partial charge in [0, 0.05) is 29.4 Å². The molecule has 1 amide bonds. The SMILES string of the molecule is COCc1cc(C(=O)NC2CCCC2)cc(S(=O)(=O)Cl)c1. The number of nitrogens with one attached hydrogen (secondary N) is 1. The number of rotatable bonds is 5. The van der Waals surface area contributed by atoms with E-state index < -0.39 is 9.05 Å². The van der Waals surface area contributed by atoms with Gasteiger partial charge in [-0.15, -0.1) is 0 Å². The van der Waals surface area contributed by atoms with Gasteiger partial charge in [0.25, 0.3) is 15.0 Å². The van der Waals surface area contributed by atoms with E-state index in [0.717, 1.165) is 25.7 Å². The molecule has 0 atom stereocenters. The van der Waals surface area contributed by atoms with Crippen LogP contribution < -0.4 is 5.32 Å². The standard InChI is InChI=1S/C14H18ClNO4S/c1-20-9-10-6-11(8-13(7-10)21(15,18)19)14(17)16-12-4-2-3-5-12/h6-8,12H,2-5,9H2,1H3,(H,16,17). The molecule has 7 heteroatoms. The lowest BCUT2D eigenvalue weighted by Crippen LogP contribution is -2.32. The first-order valence-electron chi connectivity index (χ1n) is 6.78. The zero-order chi connectivity index (χ0) is 15.5. The maximum atomic E-state index is 12.2. The van der Waals surface area contributed by atoms with Gasteiger partial charge in [-0.05, 0) is 36.6 Å². The van der Waals surface area contributed by atoms with Gasteiger partial charge in [0.1, 0.15) is 0 Å². The molecular weight excluding hydrogens is 314 g/mol. The average Bonchev–Trinajstić information content (AvgIpc) is 2.90. The Bertz CT molecular complexity index is 624. The van der Waals surface area contributed by atoms with E-state index in [1.54, 1.807) is 6.07 Å². The maximum absolute atomic E-state index is 12.2. The van der Waals surface area contributed by atoms with Gasteiger partial charge in [-0.3, -0.25) is 4.79 Å². The zero-order valence-electron chi connectivity index (χ0n) is 11.8. The Morgan fingerprint density at radius 1 is 1.33 bits per heavy atom. The highest BCUT2D eigenvalue weighted by molar-refractivity contribution is 8.13. The van der Waals surface area contributed by atoms with Gasteiger partial charge in [0.2, 0.25) is 0 Å². The van der Waals surface area contributed by atoms with Crippen LogP contribution in [0.4, 0.5) is 0 Å². The van der Waals surface area contributed by atoms with Gasteiger partial charge in [0.05, 0.1) is 11.5 Å². The molecule has 0 heterocycles. The van der Waals surface area contributed by atoms with Gasteiger partial charge in [-0.25, -0.2) is 8.42 Å². The smallest absolute Gasteiger partial charge is 0.261 e. The monoisotopic (exact) mass is 331 g/mol. The number of amides is 1. The first-order valence-corrected chi connectivity index (χ1v) is 9.09. The van der Waals surface area contributed by atoms with Crippen LogP contribution in [0, 0.1) is 0 Å². The minimum absolute atomic E-state index is 0.0877. The molecule has 1 aliphatic carbocycles. The molecule has 1 aromatic carbocycles. The Balaban J connectivity index is 2.28. The number of carbonyl (C=O) groups excluding carboxylic acids is 1. The first kappa shape index (κ1) is 16.3. The molecule has 0 aromatic heterocycles. The second-order valence-corrected chi connectivity index (χ2v) is 7.76. The molecule has 1 fully saturated rings. The zero-order valence-corrected chi connectivity index (χ0v) is 13.3.